The quantitative estimate of drug-likeness (QED) is 0.662. The number of benzene rings is 2. The number of hydrogen-bond donors (Lipinski definition) is 0. The summed E-state index contributed by atoms with van der Waals surface area (Å²) in [7, 11) is 3.54. The molecule has 0 unspecified atom stereocenters. The largest absolute Gasteiger partial charge is 0.496 e. The third-order valence-electron chi connectivity index (χ3n) is 7.15. The number of aryl methyl sites for hydroxylation is 1. The van der Waals surface area contributed by atoms with Gasteiger partial charge in [0.25, 0.3) is 5.91 Å². The van der Waals surface area contributed by atoms with Gasteiger partial charge in [0, 0.05) is 50.3 Å². The summed E-state index contributed by atoms with van der Waals surface area (Å²) in [5, 5.41) is 0. The molecule has 0 radical (unpaired) electrons. The first kappa shape index (κ1) is 24.6. The second-order valence-electron chi connectivity index (χ2n) is 9.54. The van der Waals surface area contributed by atoms with E-state index in [1.165, 1.54) is 11.1 Å². The first-order chi connectivity index (χ1) is 16.6. The van der Waals surface area contributed by atoms with E-state index in [0.717, 1.165) is 69.9 Å². The number of piperidine rings is 1. The van der Waals surface area contributed by atoms with Crippen molar-refractivity contribution in [1.82, 2.24) is 9.80 Å². The third kappa shape index (κ3) is 6.10. The summed E-state index contributed by atoms with van der Waals surface area (Å²) >= 11 is 0. The molecule has 2 aromatic carbocycles. The molecular formula is C28H38N2O4. The van der Waals surface area contributed by atoms with Gasteiger partial charge in [-0.1, -0.05) is 24.6 Å². The minimum absolute atomic E-state index is 0.0907. The van der Waals surface area contributed by atoms with Gasteiger partial charge in [-0.2, -0.15) is 0 Å². The zero-order valence-electron chi connectivity index (χ0n) is 20.8. The number of nitrogens with zero attached hydrogens (tertiary/aromatic N) is 2. The van der Waals surface area contributed by atoms with Crippen molar-refractivity contribution >= 4 is 5.91 Å². The van der Waals surface area contributed by atoms with Gasteiger partial charge >= 0.3 is 0 Å². The highest BCUT2D eigenvalue weighted by Gasteiger charge is 2.31. The van der Waals surface area contributed by atoms with Gasteiger partial charge in [-0.25, -0.2) is 0 Å². The van der Waals surface area contributed by atoms with Gasteiger partial charge in [-0.05, 0) is 62.6 Å². The number of ether oxygens (including phenoxy) is 3. The lowest BCUT2D eigenvalue weighted by Crippen LogP contribution is -2.46. The fourth-order valence-corrected chi connectivity index (χ4v) is 5.21. The molecule has 0 saturated carbocycles. The van der Waals surface area contributed by atoms with Gasteiger partial charge in [-0.3, -0.25) is 9.69 Å². The fourth-order valence-electron chi connectivity index (χ4n) is 5.21. The SMILES string of the molecule is COc1cc(C)ccc1CN1CCCC[C@@H]2CN(CC[C@@H]2OC)C(=O)c2cccc(c2)OCC1. The zero-order valence-corrected chi connectivity index (χ0v) is 20.8. The standard InChI is InChI=1S/C28H38N2O4/c1-21-10-11-24(27(17-21)33-3)19-29-13-5-4-7-23-20-30(14-12-26(23)32-2)28(31)22-8-6-9-25(18-22)34-16-15-29/h6,8-11,17-18,23,26H,4-5,7,12-16,19-20H2,1-3H3/t23-,26+/m1/s1. The van der Waals surface area contributed by atoms with Gasteiger partial charge in [0.2, 0.25) is 0 Å². The summed E-state index contributed by atoms with van der Waals surface area (Å²) in [5.41, 5.74) is 3.09. The number of carbonyl (C=O) groups excluding carboxylic acids is 1. The summed E-state index contributed by atoms with van der Waals surface area (Å²) in [6.45, 7) is 6.78. The Hall–Kier alpha value is -2.57. The first-order valence-corrected chi connectivity index (χ1v) is 12.5. The molecule has 184 valence electrons. The molecule has 0 N–H and O–H groups in total. The molecule has 34 heavy (non-hydrogen) atoms. The lowest BCUT2D eigenvalue weighted by molar-refractivity contribution is -0.00677. The minimum Gasteiger partial charge on any atom is -0.496 e. The molecule has 0 aromatic heterocycles. The summed E-state index contributed by atoms with van der Waals surface area (Å²) in [6, 6.07) is 14.0. The van der Waals surface area contributed by atoms with E-state index in [2.05, 4.69) is 30.0 Å². The van der Waals surface area contributed by atoms with E-state index in [4.69, 9.17) is 14.2 Å². The Morgan fingerprint density at radius 2 is 1.91 bits per heavy atom. The van der Waals surface area contributed by atoms with Crippen LogP contribution in [0.4, 0.5) is 0 Å². The second kappa shape index (κ2) is 11.7. The molecule has 2 aliphatic rings. The van der Waals surface area contributed by atoms with Crippen LogP contribution in [0.25, 0.3) is 0 Å². The van der Waals surface area contributed by atoms with Crippen LogP contribution in [0.3, 0.4) is 0 Å². The van der Waals surface area contributed by atoms with Crippen molar-refractivity contribution < 1.29 is 19.0 Å². The monoisotopic (exact) mass is 466 g/mol. The Morgan fingerprint density at radius 1 is 1.03 bits per heavy atom. The Labute approximate surface area is 203 Å². The molecule has 0 spiro atoms. The highest BCUT2D eigenvalue weighted by molar-refractivity contribution is 5.94. The van der Waals surface area contributed by atoms with Gasteiger partial charge in [-0.15, -0.1) is 0 Å². The van der Waals surface area contributed by atoms with Crippen molar-refractivity contribution in [2.24, 2.45) is 5.92 Å². The van der Waals surface area contributed by atoms with Crippen molar-refractivity contribution in [2.75, 3.05) is 47.0 Å². The minimum atomic E-state index is 0.0907. The number of amides is 1. The molecule has 0 aliphatic carbocycles. The normalized spacial score (nSPS) is 22.4. The Bertz CT molecular complexity index is 963. The average Bonchev–Trinajstić information content (AvgIpc) is 2.86. The molecular weight excluding hydrogens is 428 g/mol. The van der Waals surface area contributed by atoms with Crippen molar-refractivity contribution in [1.29, 1.82) is 0 Å². The maximum Gasteiger partial charge on any atom is 0.254 e. The number of rotatable bonds is 4. The first-order valence-electron chi connectivity index (χ1n) is 12.5. The van der Waals surface area contributed by atoms with E-state index < -0.39 is 0 Å². The van der Waals surface area contributed by atoms with E-state index in [-0.39, 0.29) is 12.0 Å². The van der Waals surface area contributed by atoms with Gasteiger partial charge in [0.15, 0.2) is 0 Å². The molecule has 2 atom stereocenters. The van der Waals surface area contributed by atoms with Crippen LogP contribution in [0.2, 0.25) is 0 Å². The number of carbonyl (C=O) groups is 1. The molecule has 1 saturated heterocycles. The van der Waals surface area contributed by atoms with Crippen LogP contribution < -0.4 is 9.47 Å². The molecule has 2 heterocycles. The van der Waals surface area contributed by atoms with Crippen LogP contribution in [0.5, 0.6) is 11.5 Å². The van der Waals surface area contributed by atoms with Gasteiger partial charge < -0.3 is 19.1 Å². The third-order valence-corrected chi connectivity index (χ3v) is 7.15. The topological polar surface area (TPSA) is 51.2 Å². The van der Waals surface area contributed by atoms with Crippen molar-refractivity contribution in [3.8, 4) is 11.5 Å². The average molecular weight is 467 g/mol. The smallest absolute Gasteiger partial charge is 0.254 e. The van der Waals surface area contributed by atoms with Crippen molar-refractivity contribution in [3.63, 3.8) is 0 Å². The second-order valence-corrected chi connectivity index (χ2v) is 9.54. The lowest BCUT2D eigenvalue weighted by Gasteiger charge is -2.38. The molecule has 4 rings (SSSR count). The van der Waals surface area contributed by atoms with E-state index in [9.17, 15) is 4.79 Å². The highest BCUT2D eigenvalue weighted by atomic mass is 16.5. The predicted molar refractivity (Wildman–Crippen MR) is 134 cm³/mol. The molecule has 4 bridgehead atoms. The van der Waals surface area contributed by atoms with Crippen LogP contribution in [0.15, 0.2) is 42.5 Å². The molecule has 2 aromatic rings. The van der Waals surface area contributed by atoms with Crippen LogP contribution in [-0.2, 0) is 11.3 Å². The Kier molecular flexibility index (Phi) is 8.46. The van der Waals surface area contributed by atoms with Crippen LogP contribution in [0, 0.1) is 12.8 Å². The number of fused-ring (bicyclic) bond motifs is 4. The van der Waals surface area contributed by atoms with E-state index in [0.29, 0.717) is 18.1 Å². The zero-order chi connectivity index (χ0) is 23.9. The maximum absolute atomic E-state index is 13.2. The Morgan fingerprint density at radius 3 is 2.74 bits per heavy atom. The number of hydrogen-bond acceptors (Lipinski definition) is 5. The van der Waals surface area contributed by atoms with Crippen molar-refractivity contribution in [2.45, 2.75) is 45.3 Å². The number of methoxy groups -OCH3 is 2. The molecule has 2 aliphatic heterocycles. The lowest BCUT2D eigenvalue weighted by atomic mass is 9.89. The summed E-state index contributed by atoms with van der Waals surface area (Å²) in [6.07, 6.45) is 4.40. The molecule has 1 fully saturated rings. The summed E-state index contributed by atoms with van der Waals surface area (Å²) < 4.78 is 17.5. The van der Waals surface area contributed by atoms with Crippen LogP contribution >= 0.6 is 0 Å². The summed E-state index contributed by atoms with van der Waals surface area (Å²) in [5.74, 6) is 2.15. The van der Waals surface area contributed by atoms with Gasteiger partial charge in [0.1, 0.15) is 18.1 Å². The predicted octanol–water partition coefficient (Wildman–Crippen LogP) is 4.55. The van der Waals surface area contributed by atoms with Crippen molar-refractivity contribution in [3.05, 3.63) is 59.2 Å². The fraction of sp³-hybridized carbons (Fsp3) is 0.536. The van der Waals surface area contributed by atoms with Gasteiger partial charge in [0.05, 0.1) is 13.2 Å². The van der Waals surface area contributed by atoms with Crippen LogP contribution in [-0.4, -0.2) is 68.8 Å². The highest BCUT2D eigenvalue weighted by Crippen LogP contribution is 2.27. The summed E-state index contributed by atoms with van der Waals surface area (Å²) in [4.78, 5) is 17.6. The Balaban J connectivity index is 1.52. The molecule has 1 amide bonds. The van der Waals surface area contributed by atoms with E-state index in [1.807, 2.05) is 29.2 Å². The maximum atomic E-state index is 13.2. The van der Waals surface area contributed by atoms with Crippen LogP contribution in [0.1, 0.15) is 47.2 Å². The molecule has 6 nitrogen and oxygen atoms in total. The molecule has 6 heteroatoms. The van der Waals surface area contributed by atoms with E-state index >= 15 is 0 Å². The van der Waals surface area contributed by atoms with E-state index in [1.54, 1.807) is 14.2 Å².